The van der Waals surface area contributed by atoms with Crippen LogP contribution in [0.2, 0.25) is 0 Å². The fraction of sp³-hybridized carbons (Fsp3) is 0.0714. The molecular weight excluding hydrogens is 278 g/mol. The van der Waals surface area contributed by atoms with Gasteiger partial charge >= 0.3 is 5.97 Å². The lowest BCUT2D eigenvalue weighted by Gasteiger charge is -2.09. The van der Waals surface area contributed by atoms with Crippen molar-refractivity contribution < 1.29 is 24.7 Å². The second-order valence-electron chi connectivity index (χ2n) is 4.15. The van der Waals surface area contributed by atoms with Crippen molar-refractivity contribution in [2.24, 2.45) is 0 Å². The molecule has 2 aromatic carbocycles. The van der Waals surface area contributed by atoms with Gasteiger partial charge in [-0.05, 0) is 23.8 Å². The SMILES string of the molecule is O=C(O)c1ccc([N+](=O)[O-])cc1Oc1cccc(CO)c1. The Morgan fingerprint density at radius 2 is 2.00 bits per heavy atom. The molecule has 0 saturated carbocycles. The highest BCUT2D eigenvalue weighted by molar-refractivity contribution is 5.91. The molecule has 0 bridgehead atoms. The van der Waals surface area contributed by atoms with Gasteiger partial charge in [0.05, 0.1) is 17.6 Å². The standard InChI is InChI=1S/C14H11NO6/c16-8-9-2-1-3-11(6-9)21-13-7-10(15(19)20)4-5-12(13)14(17)18/h1-7,16H,8H2,(H,17,18). The predicted molar refractivity (Wildman–Crippen MR) is 72.5 cm³/mol. The summed E-state index contributed by atoms with van der Waals surface area (Å²) in [6.07, 6.45) is 0. The number of carboxylic acids is 1. The zero-order valence-electron chi connectivity index (χ0n) is 10.7. The van der Waals surface area contributed by atoms with Crippen LogP contribution in [0.25, 0.3) is 0 Å². The molecule has 108 valence electrons. The second kappa shape index (κ2) is 6.02. The summed E-state index contributed by atoms with van der Waals surface area (Å²) in [4.78, 5) is 21.2. The summed E-state index contributed by atoms with van der Waals surface area (Å²) in [5.74, 6) is -1.10. The number of benzene rings is 2. The molecule has 21 heavy (non-hydrogen) atoms. The molecule has 7 heteroatoms. The molecule has 0 saturated heterocycles. The predicted octanol–water partition coefficient (Wildman–Crippen LogP) is 2.58. The summed E-state index contributed by atoms with van der Waals surface area (Å²) in [6.45, 7) is -0.197. The molecule has 0 fully saturated rings. The van der Waals surface area contributed by atoms with Gasteiger partial charge in [0.25, 0.3) is 5.69 Å². The number of ether oxygens (including phenoxy) is 1. The number of carbonyl (C=O) groups is 1. The summed E-state index contributed by atoms with van der Waals surface area (Å²) < 4.78 is 5.41. The summed E-state index contributed by atoms with van der Waals surface area (Å²) in [7, 11) is 0. The average molecular weight is 289 g/mol. The van der Waals surface area contributed by atoms with Crippen LogP contribution in [0.15, 0.2) is 42.5 Å². The number of aromatic carboxylic acids is 1. The van der Waals surface area contributed by atoms with Crippen LogP contribution < -0.4 is 4.74 Å². The van der Waals surface area contributed by atoms with E-state index in [1.807, 2.05) is 0 Å². The molecule has 0 radical (unpaired) electrons. The van der Waals surface area contributed by atoms with Crippen molar-refractivity contribution in [2.45, 2.75) is 6.61 Å². The zero-order valence-corrected chi connectivity index (χ0v) is 10.7. The Morgan fingerprint density at radius 1 is 1.24 bits per heavy atom. The first-order valence-corrected chi connectivity index (χ1v) is 5.90. The van der Waals surface area contributed by atoms with Crippen molar-refractivity contribution in [1.29, 1.82) is 0 Å². The number of nitro benzene ring substituents is 1. The number of hydrogen-bond donors (Lipinski definition) is 2. The van der Waals surface area contributed by atoms with Crippen molar-refractivity contribution >= 4 is 11.7 Å². The van der Waals surface area contributed by atoms with Crippen molar-refractivity contribution in [3.63, 3.8) is 0 Å². The third kappa shape index (κ3) is 3.34. The van der Waals surface area contributed by atoms with Gasteiger partial charge in [-0.15, -0.1) is 0 Å². The fourth-order valence-corrected chi connectivity index (χ4v) is 1.72. The molecule has 2 aromatic rings. The summed E-state index contributed by atoms with van der Waals surface area (Å²) in [6, 6.07) is 9.63. The van der Waals surface area contributed by atoms with E-state index in [0.29, 0.717) is 5.56 Å². The Hall–Kier alpha value is -2.93. The van der Waals surface area contributed by atoms with Gasteiger partial charge in [0.1, 0.15) is 17.1 Å². The molecule has 2 rings (SSSR count). The Balaban J connectivity index is 2.42. The van der Waals surface area contributed by atoms with Gasteiger partial charge in [0.2, 0.25) is 0 Å². The number of aliphatic hydroxyl groups excluding tert-OH is 1. The maximum absolute atomic E-state index is 11.1. The fourth-order valence-electron chi connectivity index (χ4n) is 1.72. The quantitative estimate of drug-likeness (QED) is 0.646. The Kier molecular flexibility index (Phi) is 4.15. The van der Waals surface area contributed by atoms with Crippen LogP contribution in [0.1, 0.15) is 15.9 Å². The van der Waals surface area contributed by atoms with Crippen LogP contribution in [0.3, 0.4) is 0 Å². The minimum Gasteiger partial charge on any atom is -0.478 e. The van der Waals surface area contributed by atoms with Crippen LogP contribution in [0, 0.1) is 10.1 Å². The van der Waals surface area contributed by atoms with Gasteiger partial charge in [-0.3, -0.25) is 10.1 Å². The third-order valence-corrected chi connectivity index (χ3v) is 2.72. The lowest BCUT2D eigenvalue weighted by Crippen LogP contribution is -2.01. The van der Waals surface area contributed by atoms with Gasteiger partial charge in [-0.25, -0.2) is 4.79 Å². The zero-order chi connectivity index (χ0) is 15.4. The summed E-state index contributed by atoms with van der Waals surface area (Å²) >= 11 is 0. The molecule has 0 spiro atoms. The summed E-state index contributed by atoms with van der Waals surface area (Å²) in [5, 5.41) is 28.9. The molecule has 7 nitrogen and oxygen atoms in total. The molecule has 0 unspecified atom stereocenters. The minimum atomic E-state index is -1.25. The van der Waals surface area contributed by atoms with E-state index in [9.17, 15) is 14.9 Å². The molecule has 0 amide bonds. The highest BCUT2D eigenvalue weighted by Crippen LogP contribution is 2.29. The van der Waals surface area contributed by atoms with Crippen LogP contribution in [0.5, 0.6) is 11.5 Å². The molecular formula is C14H11NO6. The maximum atomic E-state index is 11.1. The van der Waals surface area contributed by atoms with E-state index in [-0.39, 0.29) is 29.4 Å². The number of aliphatic hydroxyl groups is 1. The van der Waals surface area contributed by atoms with Gasteiger partial charge in [-0.2, -0.15) is 0 Å². The Bertz CT molecular complexity index is 698. The maximum Gasteiger partial charge on any atom is 0.339 e. The molecule has 0 aliphatic rings. The van der Waals surface area contributed by atoms with Crippen molar-refractivity contribution in [3.8, 4) is 11.5 Å². The minimum absolute atomic E-state index is 0.133. The average Bonchev–Trinajstić information content (AvgIpc) is 2.47. The van der Waals surface area contributed by atoms with Crippen LogP contribution in [-0.4, -0.2) is 21.1 Å². The highest BCUT2D eigenvalue weighted by Gasteiger charge is 2.17. The smallest absolute Gasteiger partial charge is 0.339 e. The molecule has 0 aliphatic heterocycles. The van der Waals surface area contributed by atoms with Crippen molar-refractivity contribution in [1.82, 2.24) is 0 Å². The monoisotopic (exact) mass is 289 g/mol. The van der Waals surface area contributed by atoms with E-state index in [4.69, 9.17) is 14.9 Å². The van der Waals surface area contributed by atoms with E-state index in [2.05, 4.69) is 0 Å². The van der Waals surface area contributed by atoms with Gasteiger partial charge in [-0.1, -0.05) is 12.1 Å². The number of nitro groups is 1. The number of nitrogens with zero attached hydrogens (tertiary/aromatic N) is 1. The molecule has 0 atom stereocenters. The van der Waals surface area contributed by atoms with E-state index < -0.39 is 10.9 Å². The molecule has 2 N–H and O–H groups in total. The topological polar surface area (TPSA) is 110 Å². The van der Waals surface area contributed by atoms with E-state index in [0.717, 1.165) is 18.2 Å². The number of non-ortho nitro benzene ring substituents is 1. The van der Waals surface area contributed by atoms with Crippen LogP contribution in [-0.2, 0) is 6.61 Å². The first-order chi connectivity index (χ1) is 10.0. The number of rotatable bonds is 5. The van der Waals surface area contributed by atoms with Crippen LogP contribution in [0.4, 0.5) is 5.69 Å². The molecule has 0 aliphatic carbocycles. The van der Waals surface area contributed by atoms with E-state index in [1.54, 1.807) is 18.2 Å². The van der Waals surface area contributed by atoms with Gasteiger partial charge in [0.15, 0.2) is 0 Å². The van der Waals surface area contributed by atoms with Gasteiger partial charge < -0.3 is 14.9 Å². The van der Waals surface area contributed by atoms with Crippen molar-refractivity contribution in [3.05, 3.63) is 63.7 Å². The third-order valence-electron chi connectivity index (χ3n) is 2.72. The van der Waals surface area contributed by atoms with E-state index >= 15 is 0 Å². The lowest BCUT2D eigenvalue weighted by atomic mass is 10.1. The molecule has 0 heterocycles. The van der Waals surface area contributed by atoms with E-state index in [1.165, 1.54) is 6.07 Å². The highest BCUT2D eigenvalue weighted by atomic mass is 16.6. The lowest BCUT2D eigenvalue weighted by molar-refractivity contribution is -0.384. The summed E-state index contributed by atoms with van der Waals surface area (Å²) in [5.41, 5.74) is 0.123. The Labute approximate surface area is 119 Å². The molecule has 0 aromatic heterocycles. The number of hydrogen-bond acceptors (Lipinski definition) is 5. The van der Waals surface area contributed by atoms with Crippen molar-refractivity contribution in [2.75, 3.05) is 0 Å². The second-order valence-corrected chi connectivity index (χ2v) is 4.15. The number of carboxylic acid groups (broad SMARTS) is 1. The normalized spacial score (nSPS) is 10.1. The first-order valence-electron chi connectivity index (χ1n) is 5.90. The van der Waals surface area contributed by atoms with Gasteiger partial charge in [0, 0.05) is 6.07 Å². The first kappa shape index (κ1) is 14.5. The van der Waals surface area contributed by atoms with Crippen LogP contribution >= 0.6 is 0 Å². The Morgan fingerprint density at radius 3 is 2.62 bits per heavy atom. The largest absolute Gasteiger partial charge is 0.478 e.